The van der Waals surface area contributed by atoms with Gasteiger partial charge in [0.15, 0.2) is 0 Å². The molecule has 0 spiro atoms. The molecule has 1 aromatic carbocycles. The minimum absolute atomic E-state index is 0.0358. The number of hydrogen-bond acceptors (Lipinski definition) is 9. The molecule has 0 N–H and O–H groups in total. The minimum atomic E-state index is -4.71. The van der Waals surface area contributed by atoms with Crippen molar-refractivity contribution in [2.45, 2.75) is 38.9 Å². The first-order chi connectivity index (χ1) is 20.6. The van der Waals surface area contributed by atoms with Gasteiger partial charge in [0, 0.05) is 32.7 Å². The summed E-state index contributed by atoms with van der Waals surface area (Å²) in [7, 11) is 0. The Labute approximate surface area is 246 Å². The van der Waals surface area contributed by atoms with Crippen LogP contribution in [0.4, 0.5) is 24.9 Å². The van der Waals surface area contributed by atoms with Gasteiger partial charge in [-0.1, -0.05) is 25.6 Å². The van der Waals surface area contributed by atoms with Crippen LogP contribution in [0.2, 0.25) is 0 Å². The van der Waals surface area contributed by atoms with Crippen molar-refractivity contribution in [3.63, 3.8) is 0 Å². The number of anilines is 2. The van der Waals surface area contributed by atoms with Crippen molar-refractivity contribution in [2.24, 2.45) is 0 Å². The number of aryl methyl sites for hydroxylation is 1. The van der Waals surface area contributed by atoms with Gasteiger partial charge in [-0.2, -0.15) is 33.2 Å². The summed E-state index contributed by atoms with van der Waals surface area (Å²) in [6, 6.07) is 5.66. The van der Waals surface area contributed by atoms with Gasteiger partial charge in [-0.15, -0.1) is 0 Å². The second kappa shape index (κ2) is 12.0. The Morgan fingerprint density at radius 3 is 2.67 bits per heavy atom. The lowest BCUT2D eigenvalue weighted by Gasteiger charge is -2.41. The summed E-state index contributed by atoms with van der Waals surface area (Å²) in [6.07, 6.45) is -1.28. The molecule has 11 nitrogen and oxygen atoms in total. The van der Waals surface area contributed by atoms with Crippen LogP contribution >= 0.6 is 0 Å². The molecule has 2 aromatic heterocycles. The highest BCUT2D eigenvalue weighted by Gasteiger charge is 2.37. The smallest absolute Gasteiger partial charge is 0.352 e. The summed E-state index contributed by atoms with van der Waals surface area (Å²) in [6.45, 7) is 10.7. The van der Waals surface area contributed by atoms with E-state index in [-0.39, 0.29) is 53.5 Å². The molecule has 4 heterocycles. The second-order valence-electron chi connectivity index (χ2n) is 10.6. The van der Waals surface area contributed by atoms with Crippen LogP contribution in [0.15, 0.2) is 41.8 Å². The molecule has 2 aliphatic heterocycles. The summed E-state index contributed by atoms with van der Waals surface area (Å²) in [5, 5.41) is 13.9. The first kappa shape index (κ1) is 30.0. The second-order valence-corrected chi connectivity index (χ2v) is 10.6. The summed E-state index contributed by atoms with van der Waals surface area (Å²) in [5.74, 6) is 0.362. The molecule has 43 heavy (non-hydrogen) atoms. The predicted molar refractivity (Wildman–Crippen MR) is 155 cm³/mol. The number of rotatable bonds is 6. The molecule has 2 aliphatic rings. The lowest BCUT2D eigenvalue weighted by Crippen LogP contribution is -2.55. The van der Waals surface area contributed by atoms with Gasteiger partial charge in [0.1, 0.15) is 11.3 Å². The lowest BCUT2D eigenvalue weighted by molar-refractivity contribution is -0.138. The number of hydrogen-bond donors (Lipinski definition) is 0. The first-order valence-corrected chi connectivity index (χ1v) is 14.1. The highest BCUT2D eigenvalue weighted by Crippen LogP contribution is 2.36. The van der Waals surface area contributed by atoms with E-state index < -0.39 is 23.3 Å². The van der Waals surface area contributed by atoms with E-state index >= 15 is 0 Å². The highest BCUT2D eigenvalue weighted by atomic mass is 19.4. The Balaban J connectivity index is 1.68. The van der Waals surface area contributed by atoms with Crippen LogP contribution in [0.5, 0.6) is 0 Å². The van der Waals surface area contributed by atoms with Crippen molar-refractivity contribution in [1.82, 2.24) is 29.5 Å². The zero-order chi connectivity index (χ0) is 30.9. The van der Waals surface area contributed by atoms with E-state index in [1.165, 1.54) is 37.4 Å². The molecule has 226 valence electrons. The van der Waals surface area contributed by atoms with Crippen LogP contribution in [0.1, 0.15) is 30.9 Å². The number of fused-ring (bicyclic) bond motifs is 1. The minimum Gasteiger partial charge on any atom is -0.352 e. The van der Waals surface area contributed by atoms with Crippen molar-refractivity contribution in [2.75, 3.05) is 55.7 Å². The van der Waals surface area contributed by atoms with E-state index in [1.54, 1.807) is 4.90 Å². The molecule has 2 fully saturated rings. The number of benzene rings is 1. The van der Waals surface area contributed by atoms with Gasteiger partial charge in [0.2, 0.25) is 11.9 Å². The summed E-state index contributed by atoms with van der Waals surface area (Å²) >= 11 is 0. The zero-order valence-electron chi connectivity index (χ0n) is 24.0. The maximum Gasteiger partial charge on any atom is 0.418 e. The van der Waals surface area contributed by atoms with Gasteiger partial charge < -0.3 is 14.7 Å². The van der Waals surface area contributed by atoms with Crippen molar-refractivity contribution in [1.29, 1.82) is 5.26 Å². The average Bonchev–Trinajstić information content (AvgIpc) is 3.00. The maximum atomic E-state index is 14.1. The molecule has 0 unspecified atom stereocenters. The van der Waals surface area contributed by atoms with Gasteiger partial charge in [0.25, 0.3) is 5.56 Å². The van der Waals surface area contributed by atoms with E-state index in [0.717, 1.165) is 24.2 Å². The molecular weight excluding hydrogens is 563 g/mol. The summed E-state index contributed by atoms with van der Waals surface area (Å²) in [4.78, 5) is 43.5. The van der Waals surface area contributed by atoms with E-state index in [1.807, 2.05) is 16.7 Å². The Kier molecular flexibility index (Phi) is 8.36. The summed E-state index contributed by atoms with van der Waals surface area (Å²) in [5.41, 5.74) is -2.25. The van der Waals surface area contributed by atoms with Crippen LogP contribution in [-0.2, 0) is 11.0 Å². The number of carbonyl (C=O) groups excluding carboxylic acids is 1. The quantitative estimate of drug-likeness (QED) is 0.397. The van der Waals surface area contributed by atoms with Gasteiger partial charge in [-0.3, -0.25) is 14.5 Å². The fourth-order valence-electron chi connectivity index (χ4n) is 5.77. The van der Waals surface area contributed by atoms with E-state index in [2.05, 4.69) is 27.6 Å². The highest BCUT2D eigenvalue weighted by molar-refractivity contribution is 5.90. The first-order valence-electron chi connectivity index (χ1n) is 14.1. The van der Waals surface area contributed by atoms with Gasteiger partial charge in [-0.25, -0.2) is 4.98 Å². The third-order valence-electron chi connectivity index (χ3n) is 7.94. The molecule has 5 rings (SSSR count). The molecule has 1 amide bonds. The molecule has 0 aliphatic carbocycles. The van der Waals surface area contributed by atoms with E-state index in [4.69, 9.17) is 4.98 Å². The van der Waals surface area contributed by atoms with Crippen LogP contribution in [-0.4, -0.2) is 87.4 Å². The molecule has 0 saturated carbocycles. The average molecular weight is 596 g/mol. The lowest BCUT2D eigenvalue weighted by atomic mass is 10.1. The molecule has 14 heteroatoms. The van der Waals surface area contributed by atoms with Gasteiger partial charge in [-0.05, 0) is 37.6 Å². The van der Waals surface area contributed by atoms with Crippen molar-refractivity contribution >= 4 is 28.6 Å². The third kappa shape index (κ3) is 5.77. The van der Waals surface area contributed by atoms with Crippen molar-refractivity contribution in [3.8, 4) is 11.8 Å². The Hall–Kier alpha value is -4.51. The summed E-state index contributed by atoms with van der Waals surface area (Å²) < 4.78 is 43.0. The van der Waals surface area contributed by atoms with Crippen LogP contribution in [0, 0.1) is 18.3 Å². The Morgan fingerprint density at radius 1 is 1.19 bits per heavy atom. The monoisotopic (exact) mass is 595 g/mol. The standard InChI is InChI=1S/C29H32F3N9O2/c1-4-23(42)40-15-14-38(17-20(40)10-11-33)26-21-16-34-41(22-9-6-8-19(3)24(22)29(30,31)32)27(43)25(21)35-28(36-26)39-13-7-12-37(5-2)18-39/h4,6,8-9,16,20H,1,5,7,10,12-15,17-18H2,2-3H3/t20-/m0/s1. The number of amides is 1. The van der Waals surface area contributed by atoms with Gasteiger partial charge in [0.05, 0.1) is 48.0 Å². The molecule has 1 atom stereocenters. The number of piperazine rings is 1. The Bertz CT molecular complexity index is 1650. The molecule has 0 bridgehead atoms. The molecular formula is C29H32F3N9O2. The van der Waals surface area contributed by atoms with Gasteiger partial charge >= 0.3 is 6.18 Å². The molecule has 3 aromatic rings. The van der Waals surface area contributed by atoms with Crippen molar-refractivity contribution < 1.29 is 18.0 Å². The molecule has 2 saturated heterocycles. The van der Waals surface area contributed by atoms with Crippen LogP contribution in [0.25, 0.3) is 16.6 Å². The number of nitrogens with zero attached hydrogens (tertiary/aromatic N) is 9. The number of nitriles is 1. The SMILES string of the molecule is C=CC(=O)N1CCN(c2nc(N3CCCN(CC)C3)nc3c(=O)n(-c4cccc(C)c4C(F)(F)F)ncc23)C[C@@H]1CC#N. The fourth-order valence-corrected chi connectivity index (χ4v) is 5.77. The normalized spacial score (nSPS) is 18.1. The largest absolute Gasteiger partial charge is 0.418 e. The van der Waals surface area contributed by atoms with Crippen LogP contribution < -0.4 is 15.4 Å². The van der Waals surface area contributed by atoms with Crippen molar-refractivity contribution in [3.05, 3.63) is 58.5 Å². The maximum absolute atomic E-state index is 14.1. The number of alkyl halides is 3. The number of aromatic nitrogens is 4. The number of carbonyl (C=O) groups is 1. The van der Waals surface area contributed by atoms with Crippen LogP contribution in [0.3, 0.4) is 0 Å². The zero-order valence-corrected chi connectivity index (χ0v) is 24.0. The topological polar surface area (TPSA) is 114 Å². The molecule has 0 radical (unpaired) electrons. The van der Waals surface area contributed by atoms with E-state index in [9.17, 15) is 28.0 Å². The number of halogens is 3. The third-order valence-corrected chi connectivity index (χ3v) is 7.94. The fraction of sp³-hybridized carbons (Fsp3) is 0.448. The van der Waals surface area contributed by atoms with E-state index in [0.29, 0.717) is 25.6 Å². The predicted octanol–water partition coefficient (Wildman–Crippen LogP) is 3.11. The Morgan fingerprint density at radius 2 is 1.98 bits per heavy atom.